The maximum absolute atomic E-state index is 11.8. The van der Waals surface area contributed by atoms with Gasteiger partial charge in [-0.05, 0) is 12.1 Å². The van der Waals surface area contributed by atoms with Crippen LogP contribution in [0.25, 0.3) is 0 Å². The first-order valence-corrected chi connectivity index (χ1v) is 7.73. The first-order chi connectivity index (χ1) is 8.80. The van der Waals surface area contributed by atoms with Crippen LogP contribution in [-0.2, 0) is 20.2 Å². The summed E-state index contributed by atoms with van der Waals surface area (Å²) in [4.78, 5) is 2.08. The molecule has 0 aliphatic carbocycles. The van der Waals surface area contributed by atoms with Crippen LogP contribution >= 0.6 is 0 Å². The Hall–Kier alpha value is -1.30. The van der Waals surface area contributed by atoms with Gasteiger partial charge in [0.1, 0.15) is 0 Å². The summed E-state index contributed by atoms with van der Waals surface area (Å²) in [7, 11) is -8.19. The van der Waals surface area contributed by atoms with Gasteiger partial charge in [-0.2, -0.15) is 25.6 Å². The van der Waals surface area contributed by atoms with E-state index in [-0.39, 0.29) is 0 Å². The third kappa shape index (κ3) is 5.00. The average molecular weight is 333 g/mol. The maximum atomic E-state index is 11.8. The van der Waals surface area contributed by atoms with Gasteiger partial charge in [0.15, 0.2) is 0 Å². The number of anilines is 1. The topological polar surface area (TPSA) is 112 Å². The summed E-state index contributed by atoms with van der Waals surface area (Å²) in [5, 5.41) is 0. The highest BCUT2D eigenvalue weighted by atomic mass is 32.3. The molecule has 1 aromatic rings. The molecule has 0 amide bonds. The minimum absolute atomic E-state index is 1.25. The van der Waals surface area contributed by atoms with Gasteiger partial charge in [-0.3, -0.25) is 9.11 Å². The Balaban J connectivity index is 0.000000367. The van der Waals surface area contributed by atoms with Crippen LogP contribution in [0.4, 0.5) is 14.5 Å². The van der Waals surface area contributed by atoms with Crippen molar-refractivity contribution in [3.05, 3.63) is 30.3 Å². The molecule has 0 aliphatic heterocycles. The lowest BCUT2D eigenvalue weighted by molar-refractivity contribution is 0.153. The highest BCUT2D eigenvalue weighted by molar-refractivity contribution is 8.04. The van der Waals surface area contributed by atoms with E-state index in [1.165, 1.54) is 5.69 Å². The summed E-state index contributed by atoms with van der Waals surface area (Å²) >= 11 is 0. The lowest BCUT2D eigenvalue weighted by Gasteiger charge is -2.10. The number of para-hydroxylation sites is 1. The van der Waals surface area contributed by atoms with Gasteiger partial charge in [0, 0.05) is 19.8 Å². The molecule has 0 heterocycles. The molecule has 20 heavy (non-hydrogen) atoms. The Morgan fingerprint density at radius 1 is 0.950 bits per heavy atom. The van der Waals surface area contributed by atoms with E-state index >= 15 is 0 Å². The van der Waals surface area contributed by atoms with Crippen LogP contribution in [0.3, 0.4) is 0 Å². The number of halogens is 2. The smallest absolute Gasteiger partial charge is 0.378 e. The first kappa shape index (κ1) is 18.7. The molecule has 1 aromatic carbocycles. The lowest BCUT2D eigenvalue weighted by Crippen LogP contribution is -2.36. The molecule has 0 saturated heterocycles. The quantitative estimate of drug-likeness (QED) is 0.796. The second kappa shape index (κ2) is 6.43. The molecular weight excluding hydrogens is 320 g/mol. The summed E-state index contributed by atoms with van der Waals surface area (Å²) in [5.74, 6) is 0. The van der Waals surface area contributed by atoms with Crippen LogP contribution in [0.1, 0.15) is 0 Å². The van der Waals surface area contributed by atoms with E-state index in [1.54, 1.807) is 0 Å². The summed E-state index contributed by atoms with van der Waals surface area (Å²) in [6.07, 6.45) is 0. The van der Waals surface area contributed by atoms with Crippen LogP contribution in [0.2, 0.25) is 0 Å². The number of hydrogen-bond acceptors (Lipinski definition) is 5. The predicted octanol–water partition coefficient (Wildman–Crippen LogP) is 1.06. The Morgan fingerprint density at radius 2 is 1.30 bits per heavy atom. The van der Waals surface area contributed by atoms with Crippen molar-refractivity contribution in [3.8, 4) is 0 Å². The molecule has 0 saturated carbocycles. The van der Waals surface area contributed by atoms with Crippen molar-refractivity contribution in [2.24, 2.45) is 0 Å². The SMILES string of the molecule is CN(C)c1ccccc1.O=S(=O)(O)C(F)(F)S(=O)(=O)O. The van der Waals surface area contributed by atoms with Crippen molar-refractivity contribution in [3.63, 3.8) is 0 Å². The van der Waals surface area contributed by atoms with Gasteiger partial charge >= 0.3 is 24.8 Å². The normalized spacial score (nSPS) is 12.3. The average Bonchev–Trinajstić information content (AvgIpc) is 2.28. The molecular formula is C9H13F2NO6S2. The number of hydrogen-bond donors (Lipinski definition) is 2. The largest absolute Gasteiger partial charge is 0.495 e. The van der Waals surface area contributed by atoms with E-state index in [9.17, 15) is 25.6 Å². The van der Waals surface area contributed by atoms with Gasteiger partial charge < -0.3 is 4.90 Å². The number of alkyl halides is 2. The molecule has 0 radical (unpaired) electrons. The summed E-state index contributed by atoms with van der Waals surface area (Å²) in [5.41, 5.74) is 1.25. The standard InChI is InChI=1S/C8H11N.CH2F2O6S2/c1-9(2)8-6-4-3-5-7-8;2-1(3,10(4,5)6)11(7,8)9/h3-7H,1-2H3;(H,4,5,6)(H,7,8,9). The molecule has 116 valence electrons. The van der Waals surface area contributed by atoms with Gasteiger partial charge in [0.2, 0.25) is 0 Å². The monoisotopic (exact) mass is 333 g/mol. The zero-order valence-electron chi connectivity index (χ0n) is 10.4. The van der Waals surface area contributed by atoms with Crippen molar-refractivity contribution in [2.75, 3.05) is 19.0 Å². The molecule has 11 heteroatoms. The summed E-state index contributed by atoms with van der Waals surface area (Å²) in [6.45, 7) is 0. The Bertz CT molecular complexity index is 594. The molecule has 0 bridgehead atoms. The highest BCUT2D eigenvalue weighted by Crippen LogP contribution is 2.25. The Kier molecular flexibility index (Phi) is 6.02. The molecule has 0 spiro atoms. The fourth-order valence-electron chi connectivity index (χ4n) is 0.859. The van der Waals surface area contributed by atoms with Crippen LogP contribution in [0.15, 0.2) is 30.3 Å². The minimum Gasteiger partial charge on any atom is -0.378 e. The third-order valence-electron chi connectivity index (χ3n) is 1.87. The molecule has 1 rings (SSSR count). The second-order valence-electron chi connectivity index (χ2n) is 3.64. The Morgan fingerprint density at radius 3 is 1.45 bits per heavy atom. The first-order valence-electron chi connectivity index (χ1n) is 4.85. The molecule has 0 atom stereocenters. The molecule has 0 aromatic heterocycles. The molecule has 2 N–H and O–H groups in total. The van der Waals surface area contributed by atoms with Crippen LogP contribution in [0.5, 0.6) is 0 Å². The highest BCUT2D eigenvalue weighted by Gasteiger charge is 2.57. The Labute approximate surface area is 115 Å². The fourth-order valence-corrected chi connectivity index (χ4v) is 1.92. The van der Waals surface area contributed by atoms with Gasteiger partial charge in [0.25, 0.3) is 0 Å². The van der Waals surface area contributed by atoms with E-state index in [1.807, 2.05) is 32.3 Å². The minimum atomic E-state index is -6.13. The van der Waals surface area contributed by atoms with Crippen molar-refractivity contribution in [2.45, 2.75) is 4.59 Å². The van der Waals surface area contributed by atoms with Crippen LogP contribution in [-0.4, -0.2) is 44.6 Å². The molecule has 0 aliphatic rings. The number of nitrogens with zero attached hydrogens (tertiary/aromatic N) is 1. The van der Waals surface area contributed by atoms with Crippen molar-refractivity contribution in [1.82, 2.24) is 0 Å². The zero-order chi connectivity index (χ0) is 16.2. The van der Waals surface area contributed by atoms with Crippen LogP contribution < -0.4 is 4.90 Å². The van der Waals surface area contributed by atoms with E-state index in [0.29, 0.717) is 0 Å². The molecule has 0 fully saturated rings. The fraction of sp³-hybridized carbons (Fsp3) is 0.333. The van der Waals surface area contributed by atoms with Gasteiger partial charge in [-0.25, -0.2) is 0 Å². The van der Waals surface area contributed by atoms with Crippen molar-refractivity contribution < 1.29 is 34.7 Å². The van der Waals surface area contributed by atoms with Gasteiger partial charge in [-0.1, -0.05) is 18.2 Å². The van der Waals surface area contributed by atoms with Crippen molar-refractivity contribution >= 4 is 25.9 Å². The van der Waals surface area contributed by atoms with Gasteiger partial charge in [-0.15, -0.1) is 0 Å². The maximum Gasteiger partial charge on any atom is 0.495 e. The van der Waals surface area contributed by atoms with Crippen molar-refractivity contribution in [1.29, 1.82) is 0 Å². The predicted molar refractivity (Wildman–Crippen MR) is 68.8 cm³/mol. The summed E-state index contributed by atoms with van der Waals surface area (Å²) in [6, 6.07) is 10.3. The third-order valence-corrected chi connectivity index (χ3v) is 4.34. The van der Waals surface area contributed by atoms with Crippen LogP contribution in [0, 0.1) is 0 Å². The van der Waals surface area contributed by atoms with Gasteiger partial charge in [0.05, 0.1) is 0 Å². The van der Waals surface area contributed by atoms with E-state index in [4.69, 9.17) is 9.11 Å². The second-order valence-corrected chi connectivity index (χ2v) is 6.83. The summed E-state index contributed by atoms with van der Waals surface area (Å²) < 4.78 is 71.3. The molecule has 7 nitrogen and oxygen atoms in total. The number of rotatable bonds is 3. The zero-order valence-corrected chi connectivity index (χ0v) is 12.1. The van der Waals surface area contributed by atoms with E-state index < -0.39 is 24.8 Å². The number of benzene rings is 1. The lowest BCUT2D eigenvalue weighted by atomic mass is 10.3. The van der Waals surface area contributed by atoms with E-state index in [2.05, 4.69) is 17.0 Å². The van der Waals surface area contributed by atoms with E-state index in [0.717, 1.165) is 0 Å². The molecule has 0 unspecified atom stereocenters.